The molecule has 1 aromatic heterocycles. The Morgan fingerprint density at radius 2 is 1.97 bits per heavy atom. The Labute approximate surface area is 212 Å². The maximum absolute atomic E-state index is 13.3. The fourth-order valence-electron chi connectivity index (χ4n) is 4.09. The van der Waals surface area contributed by atoms with E-state index in [4.69, 9.17) is 4.74 Å². The number of rotatable bonds is 6. The second-order valence-corrected chi connectivity index (χ2v) is 12.0. The molecule has 3 heterocycles. The Hall–Kier alpha value is -3.02. The molecule has 0 atom stereocenters. The summed E-state index contributed by atoms with van der Waals surface area (Å²) in [6.45, 7) is 1.02. The highest BCUT2D eigenvalue weighted by atomic mass is 32.2. The molecule has 2 aromatic carbocycles. The van der Waals surface area contributed by atoms with Crippen LogP contribution in [0.1, 0.15) is 21.6 Å². The van der Waals surface area contributed by atoms with E-state index in [1.54, 1.807) is 35.9 Å². The molecule has 1 saturated heterocycles. The molecule has 0 radical (unpaired) electrons. The van der Waals surface area contributed by atoms with E-state index in [1.165, 1.54) is 21.9 Å². The third-order valence-corrected chi connectivity index (χ3v) is 8.77. The van der Waals surface area contributed by atoms with E-state index in [0.717, 1.165) is 38.6 Å². The molecule has 0 spiro atoms. The number of carbonyl (C=O) groups is 1. The number of thiazole rings is 1. The maximum Gasteiger partial charge on any atom is 0.258 e. The van der Waals surface area contributed by atoms with Crippen LogP contribution in [0.2, 0.25) is 0 Å². The zero-order valence-electron chi connectivity index (χ0n) is 19.2. The minimum atomic E-state index is -3.32. The van der Waals surface area contributed by atoms with Gasteiger partial charge >= 0.3 is 0 Å². The molecule has 1 N–H and O–H groups in total. The van der Waals surface area contributed by atoms with Gasteiger partial charge in [-0.3, -0.25) is 9.10 Å². The van der Waals surface area contributed by atoms with Gasteiger partial charge < -0.3 is 15.0 Å². The van der Waals surface area contributed by atoms with Crippen molar-refractivity contribution in [1.82, 2.24) is 9.88 Å². The first-order valence-corrected chi connectivity index (χ1v) is 14.7. The fourth-order valence-corrected chi connectivity index (χ4v) is 6.75. The van der Waals surface area contributed by atoms with Crippen molar-refractivity contribution >= 4 is 61.6 Å². The predicted octanol–water partition coefficient (Wildman–Crippen LogP) is 4.41. The Morgan fingerprint density at radius 1 is 1.17 bits per heavy atom. The quantitative estimate of drug-likeness (QED) is 0.507. The first-order valence-electron chi connectivity index (χ1n) is 11.0. The molecule has 2 aliphatic heterocycles. The second kappa shape index (κ2) is 9.56. The molecule has 11 heteroatoms. The molecule has 2 aliphatic rings. The molecule has 182 valence electrons. The summed E-state index contributed by atoms with van der Waals surface area (Å²) in [7, 11) is -1.69. The number of nitrogens with zero attached hydrogens (tertiary/aromatic N) is 3. The van der Waals surface area contributed by atoms with Gasteiger partial charge in [0.15, 0.2) is 5.13 Å². The van der Waals surface area contributed by atoms with Gasteiger partial charge in [0, 0.05) is 35.5 Å². The smallest absolute Gasteiger partial charge is 0.258 e. The zero-order valence-corrected chi connectivity index (χ0v) is 21.7. The summed E-state index contributed by atoms with van der Waals surface area (Å²) in [6.07, 6.45) is 3.74. The van der Waals surface area contributed by atoms with Gasteiger partial charge in [-0.05, 0) is 60.5 Å². The van der Waals surface area contributed by atoms with E-state index >= 15 is 0 Å². The van der Waals surface area contributed by atoms with Crippen molar-refractivity contribution < 1.29 is 17.9 Å². The largest absolute Gasteiger partial charge is 0.497 e. The number of hydrogen-bond acceptors (Lipinski definition) is 8. The molecule has 0 saturated carbocycles. The number of hydrogen-bond donors (Lipinski definition) is 1. The van der Waals surface area contributed by atoms with Crippen molar-refractivity contribution in [3.8, 4) is 5.75 Å². The highest BCUT2D eigenvalue weighted by molar-refractivity contribution is 8.03. The van der Waals surface area contributed by atoms with Crippen LogP contribution >= 0.6 is 23.1 Å². The van der Waals surface area contributed by atoms with Crippen molar-refractivity contribution in [3.05, 3.63) is 69.7 Å². The molecular formula is C24H24N4O4S3. The van der Waals surface area contributed by atoms with E-state index in [2.05, 4.69) is 10.3 Å². The summed E-state index contributed by atoms with van der Waals surface area (Å²) in [5, 5.41) is 6.86. The van der Waals surface area contributed by atoms with Gasteiger partial charge in [-0.2, -0.15) is 0 Å². The number of methoxy groups -OCH3 is 1. The van der Waals surface area contributed by atoms with Crippen LogP contribution in [0.5, 0.6) is 5.75 Å². The van der Waals surface area contributed by atoms with Gasteiger partial charge in [0.05, 0.1) is 29.8 Å². The highest BCUT2D eigenvalue weighted by Crippen LogP contribution is 2.35. The molecule has 0 unspecified atom stereocenters. The van der Waals surface area contributed by atoms with E-state index < -0.39 is 10.0 Å². The topological polar surface area (TPSA) is 91.8 Å². The third-order valence-electron chi connectivity index (χ3n) is 5.79. The van der Waals surface area contributed by atoms with Gasteiger partial charge in [0.25, 0.3) is 5.91 Å². The van der Waals surface area contributed by atoms with E-state index in [9.17, 15) is 13.2 Å². The molecule has 8 nitrogen and oxygen atoms in total. The minimum Gasteiger partial charge on any atom is -0.497 e. The number of nitrogens with one attached hydrogen (secondary N) is 1. The standard InChI is InChI=1S/C24H24N4O4S3/c1-32-20-6-4-18(5-7-20)25-24-26-19(15-34-24)14-22-27(11-12-33-22)23(29)17-3-8-21-16(13-17)9-10-28(21)35(2,30)31/h3-8,13-15H,9-12H2,1-2H3,(H,25,26)/b22-14+. The summed E-state index contributed by atoms with van der Waals surface area (Å²) in [5.74, 6) is 1.51. The number of benzene rings is 2. The molecule has 1 amide bonds. The Morgan fingerprint density at radius 3 is 2.71 bits per heavy atom. The number of sulfonamides is 1. The molecule has 1 fully saturated rings. The number of ether oxygens (including phenoxy) is 1. The van der Waals surface area contributed by atoms with E-state index in [-0.39, 0.29) is 5.91 Å². The van der Waals surface area contributed by atoms with Crippen molar-refractivity contribution in [2.75, 3.05) is 41.8 Å². The SMILES string of the molecule is COc1ccc(Nc2nc(/C=C3/SCCN3C(=O)c3ccc4c(c3)CCN4S(C)(=O)=O)cs2)cc1. The van der Waals surface area contributed by atoms with Crippen LogP contribution in [0.4, 0.5) is 16.5 Å². The van der Waals surface area contributed by atoms with Crippen LogP contribution in [0.3, 0.4) is 0 Å². The second-order valence-electron chi connectivity index (χ2n) is 8.15. The van der Waals surface area contributed by atoms with E-state index in [1.807, 2.05) is 41.8 Å². The highest BCUT2D eigenvalue weighted by Gasteiger charge is 2.29. The molecule has 3 aromatic rings. The monoisotopic (exact) mass is 528 g/mol. The Kier molecular flexibility index (Phi) is 6.47. The first-order chi connectivity index (χ1) is 16.8. The summed E-state index contributed by atoms with van der Waals surface area (Å²) in [6, 6.07) is 12.9. The van der Waals surface area contributed by atoms with Crippen molar-refractivity contribution in [2.45, 2.75) is 6.42 Å². The van der Waals surface area contributed by atoms with Crippen LogP contribution in [-0.4, -0.2) is 56.4 Å². The number of aromatic nitrogens is 1. The first kappa shape index (κ1) is 23.7. The average molecular weight is 529 g/mol. The summed E-state index contributed by atoms with van der Waals surface area (Å²) >= 11 is 3.12. The van der Waals surface area contributed by atoms with Gasteiger partial charge in [-0.1, -0.05) is 0 Å². The van der Waals surface area contributed by atoms with Crippen LogP contribution in [-0.2, 0) is 16.4 Å². The number of fused-ring (bicyclic) bond motifs is 1. The third kappa shape index (κ3) is 5.02. The molecule has 0 bridgehead atoms. The molecular weight excluding hydrogens is 504 g/mol. The zero-order chi connectivity index (χ0) is 24.6. The number of carbonyl (C=O) groups excluding carboxylic acids is 1. The van der Waals surface area contributed by atoms with Gasteiger partial charge in [-0.15, -0.1) is 23.1 Å². The molecule has 0 aliphatic carbocycles. The maximum atomic E-state index is 13.3. The predicted molar refractivity (Wildman–Crippen MR) is 142 cm³/mol. The van der Waals surface area contributed by atoms with Gasteiger partial charge in [-0.25, -0.2) is 13.4 Å². The summed E-state index contributed by atoms with van der Waals surface area (Å²) < 4.78 is 30.6. The van der Waals surface area contributed by atoms with Crippen molar-refractivity contribution in [1.29, 1.82) is 0 Å². The molecule has 5 rings (SSSR count). The minimum absolute atomic E-state index is 0.0892. The van der Waals surface area contributed by atoms with Crippen molar-refractivity contribution in [2.24, 2.45) is 0 Å². The lowest BCUT2D eigenvalue weighted by atomic mass is 10.1. The fraction of sp³-hybridized carbons (Fsp3) is 0.250. The van der Waals surface area contributed by atoms with Crippen molar-refractivity contribution in [3.63, 3.8) is 0 Å². The number of thioether (sulfide) groups is 1. The van der Waals surface area contributed by atoms with Crippen LogP contribution in [0, 0.1) is 0 Å². The van der Waals surface area contributed by atoms with Crippen LogP contribution in [0.15, 0.2) is 52.9 Å². The lowest BCUT2D eigenvalue weighted by Gasteiger charge is -2.19. The normalized spacial score (nSPS) is 16.6. The van der Waals surface area contributed by atoms with Gasteiger partial charge in [0.1, 0.15) is 5.75 Å². The van der Waals surface area contributed by atoms with Crippen LogP contribution in [0.25, 0.3) is 6.08 Å². The Bertz CT molecular complexity index is 1400. The average Bonchev–Trinajstić information content (AvgIpc) is 3.58. The van der Waals surface area contributed by atoms with E-state index in [0.29, 0.717) is 30.8 Å². The molecule has 35 heavy (non-hydrogen) atoms. The number of amides is 1. The number of anilines is 3. The lowest BCUT2D eigenvalue weighted by Crippen LogP contribution is -2.28. The van der Waals surface area contributed by atoms with Gasteiger partial charge in [0.2, 0.25) is 10.0 Å². The lowest BCUT2D eigenvalue weighted by molar-refractivity contribution is 0.0831. The Balaban J connectivity index is 1.31. The summed E-state index contributed by atoms with van der Waals surface area (Å²) in [5.41, 5.74) is 3.80. The summed E-state index contributed by atoms with van der Waals surface area (Å²) in [4.78, 5) is 19.7. The van der Waals surface area contributed by atoms with Crippen LogP contribution < -0.4 is 14.4 Å².